The Hall–Kier alpha value is -1.93. The van der Waals surface area contributed by atoms with Gasteiger partial charge in [-0.05, 0) is 36.8 Å². The first-order valence-electron chi connectivity index (χ1n) is 5.40. The molecule has 1 aromatic heterocycles. The van der Waals surface area contributed by atoms with Gasteiger partial charge in [0.05, 0.1) is 11.3 Å². The number of aromatic carboxylic acids is 1. The zero-order chi connectivity index (χ0) is 14.9. The summed E-state index contributed by atoms with van der Waals surface area (Å²) in [4.78, 5) is 10.7. The second-order valence-corrected chi connectivity index (χ2v) is 6.84. The van der Waals surface area contributed by atoms with Gasteiger partial charge in [0.1, 0.15) is 10.0 Å². The van der Waals surface area contributed by atoms with Crippen molar-refractivity contribution in [2.75, 3.05) is 4.72 Å². The van der Waals surface area contributed by atoms with E-state index in [1.165, 1.54) is 17.5 Å². The van der Waals surface area contributed by atoms with Crippen molar-refractivity contribution in [2.24, 2.45) is 0 Å². The molecule has 0 aliphatic carbocycles. The summed E-state index contributed by atoms with van der Waals surface area (Å²) in [6.07, 6.45) is 0. The molecule has 0 unspecified atom stereocenters. The number of carbonyl (C=O) groups is 1. The van der Waals surface area contributed by atoms with E-state index in [4.69, 9.17) is 5.11 Å². The van der Waals surface area contributed by atoms with Crippen LogP contribution < -0.4 is 4.72 Å². The van der Waals surface area contributed by atoms with Crippen LogP contribution in [0.25, 0.3) is 0 Å². The molecular formula is C12H10FNO4S2. The van der Waals surface area contributed by atoms with Gasteiger partial charge in [0, 0.05) is 5.38 Å². The minimum atomic E-state index is -3.88. The fourth-order valence-corrected chi connectivity index (χ4v) is 3.79. The zero-order valence-electron chi connectivity index (χ0n) is 10.3. The number of nitrogens with one attached hydrogen (secondary N) is 1. The van der Waals surface area contributed by atoms with E-state index in [1.54, 1.807) is 6.92 Å². The largest absolute Gasteiger partial charge is 0.478 e. The van der Waals surface area contributed by atoms with E-state index >= 15 is 0 Å². The van der Waals surface area contributed by atoms with Gasteiger partial charge in [0.15, 0.2) is 0 Å². The average molecular weight is 315 g/mol. The van der Waals surface area contributed by atoms with Crippen LogP contribution in [-0.4, -0.2) is 19.5 Å². The lowest BCUT2D eigenvalue weighted by Crippen LogP contribution is -2.12. The second-order valence-electron chi connectivity index (χ2n) is 4.02. The van der Waals surface area contributed by atoms with Crippen LogP contribution in [0.1, 0.15) is 15.9 Å². The fraction of sp³-hybridized carbons (Fsp3) is 0.0833. The van der Waals surface area contributed by atoms with Crippen molar-refractivity contribution >= 4 is 33.0 Å². The number of thiophene rings is 1. The molecule has 0 bridgehead atoms. The van der Waals surface area contributed by atoms with E-state index in [0.29, 0.717) is 5.56 Å². The molecular weight excluding hydrogens is 305 g/mol. The number of carboxylic acid groups (broad SMARTS) is 1. The summed E-state index contributed by atoms with van der Waals surface area (Å²) in [6.45, 7) is 1.57. The average Bonchev–Trinajstić information content (AvgIpc) is 2.83. The predicted octanol–water partition coefficient (Wildman–Crippen LogP) is 2.69. The Balaban J connectivity index is 2.33. The number of sulfonamides is 1. The molecule has 0 radical (unpaired) electrons. The van der Waals surface area contributed by atoms with Gasteiger partial charge in [-0.15, -0.1) is 11.3 Å². The molecule has 8 heteroatoms. The topological polar surface area (TPSA) is 83.5 Å². The summed E-state index contributed by atoms with van der Waals surface area (Å²) in [7, 11) is -3.88. The zero-order valence-corrected chi connectivity index (χ0v) is 11.9. The first kappa shape index (κ1) is 14.5. The van der Waals surface area contributed by atoms with Crippen molar-refractivity contribution < 1.29 is 22.7 Å². The van der Waals surface area contributed by atoms with Gasteiger partial charge in [-0.2, -0.15) is 0 Å². The molecule has 1 heterocycles. The second kappa shape index (κ2) is 5.22. The van der Waals surface area contributed by atoms with Crippen LogP contribution >= 0.6 is 11.3 Å². The fourth-order valence-electron chi connectivity index (χ4n) is 1.51. The number of hydrogen-bond acceptors (Lipinski definition) is 4. The van der Waals surface area contributed by atoms with Gasteiger partial charge in [0.25, 0.3) is 10.0 Å². The normalized spacial score (nSPS) is 11.3. The van der Waals surface area contributed by atoms with Gasteiger partial charge in [0.2, 0.25) is 0 Å². The minimum absolute atomic E-state index is 0.0915. The highest BCUT2D eigenvalue weighted by Crippen LogP contribution is 2.25. The molecule has 2 aromatic rings. The predicted molar refractivity (Wildman–Crippen MR) is 73.2 cm³/mol. The molecule has 0 aliphatic heterocycles. The molecule has 0 atom stereocenters. The van der Waals surface area contributed by atoms with Gasteiger partial charge in [-0.3, -0.25) is 4.72 Å². The van der Waals surface area contributed by atoms with Gasteiger partial charge in [-0.25, -0.2) is 17.6 Å². The van der Waals surface area contributed by atoms with Crippen molar-refractivity contribution in [3.05, 3.63) is 46.6 Å². The molecule has 0 saturated carbocycles. The van der Waals surface area contributed by atoms with E-state index in [-0.39, 0.29) is 15.5 Å². The third kappa shape index (κ3) is 2.97. The Kier molecular flexibility index (Phi) is 3.78. The van der Waals surface area contributed by atoms with Crippen LogP contribution in [0.4, 0.5) is 10.1 Å². The Morgan fingerprint density at radius 3 is 2.60 bits per heavy atom. The number of rotatable bonds is 4. The number of benzene rings is 1. The Morgan fingerprint density at radius 1 is 1.35 bits per heavy atom. The lowest BCUT2D eigenvalue weighted by Gasteiger charge is -2.08. The highest BCUT2D eigenvalue weighted by atomic mass is 32.2. The molecule has 5 nitrogen and oxygen atoms in total. The monoisotopic (exact) mass is 315 g/mol. The summed E-state index contributed by atoms with van der Waals surface area (Å²) < 4.78 is 39.3. The maximum atomic E-state index is 13.0. The Labute approximate surface area is 118 Å². The molecule has 106 valence electrons. The molecule has 0 fully saturated rings. The molecule has 0 aliphatic rings. The van der Waals surface area contributed by atoms with Crippen LogP contribution in [0.5, 0.6) is 0 Å². The molecule has 0 saturated heterocycles. The van der Waals surface area contributed by atoms with E-state index in [2.05, 4.69) is 4.72 Å². The van der Waals surface area contributed by atoms with Crippen molar-refractivity contribution in [1.82, 2.24) is 0 Å². The Morgan fingerprint density at radius 2 is 2.05 bits per heavy atom. The summed E-state index contributed by atoms with van der Waals surface area (Å²) >= 11 is 0.808. The molecule has 1 aromatic carbocycles. The highest BCUT2D eigenvalue weighted by molar-refractivity contribution is 7.94. The van der Waals surface area contributed by atoms with E-state index in [9.17, 15) is 17.6 Å². The van der Waals surface area contributed by atoms with Crippen LogP contribution in [0.2, 0.25) is 0 Å². The maximum Gasteiger partial charge on any atom is 0.336 e. The third-order valence-corrected chi connectivity index (χ3v) is 5.33. The standard InChI is InChI=1S/C12H10FNO4S2/c1-7-4-9(13)2-3-10(7)14-20(17,18)11-5-8(6-19-11)12(15)16/h2-6,14H,1H3,(H,15,16). The smallest absolute Gasteiger partial charge is 0.336 e. The number of carboxylic acids is 1. The molecule has 20 heavy (non-hydrogen) atoms. The van der Waals surface area contributed by atoms with Crippen LogP contribution in [0.3, 0.4) is 0 Å². The van der Waals surface area contributed by atoms with Gasteiger partial charge in [-0.1, -0.05) is 0 Å². The number of anilines is 1. The highest BCUT2D eigenvalue weighted by Gasteiger charge is 2.19. The summed E-state index contributed by atoms with van der Waals surface area (Å²) in [5.74, 6) is -1.66. The Bertz CT molecular complexity index is 768. The minimum Gasteiger partial charge on any atom is -0.478 e. The lowest BCUT2D eigenvalue weighted by atomic mass is 10.2. The molecule has 0 spiro atoms. The quantitative estimate of drug-likeness (QED) is 0.908. The van der Waals surface area contributed by atoms with Crippen molar-refractivity contribution in [2.45, 2.75) is 11.1 Å². The first-order chi connectivity index (χ1) is 9.29. The first-order valence-corrected chi connectivity index (χ1v) is 7.76. The molecule has 0 amide bonds. The van der Waals surface area contributed by atoms with E-state index < -0.39 is 21.8 Å². The van der Waals surface area contributed by atoms with Crippen LogP contribution in [-0.2, 0) is 10.0 Å². The third-order valence-electron chi connectivity index (χ3n) is 2.52. The van der Waals surface area contributed by atoms with Crippen molar-refractivity contribution in [3.8, 4) is 0 Å². The van der Waals surface area contributed by atoms with Gasteiger partial charge < -0.3 is 5.11 Å². The number of halogens is 1. The molecule has 2 rings (SSSR count). The summed E-state index contributed by atoms with van der Waals surface area (Å²) in [5.41, 5.74) is 0.589. The van der Waals surface area contributed by atoms with Crippen molar-refractivity contribution in [3.63, 3.8) is 0 Å². The number of aryl methyl sites for hydroxylation is 1. The van der Waals surface area contributed by atoms with Crippen LogP contribution in [0, 0.1) is 12.7 Å². The molecule has 2 N–H and O–H groups in total. The SMILES string of the molecule is Cc1cc(F)ccc1NS(=O)(=O)c1cc(C(=O)O)cs1. The van der Waals surface area contributed by atoms with Crippen LogP contribution in [0.15, 0.2) is 33.9 Å². The summed E-state index contributed by atoms with van der Waals surface area (Å²) in [5, 5.41) is 10.0. The van der Waals surface area contributed by atoms with E-state index in [0.717, 1.165) is 23.5 Å². The summed E-state index contributed by atoms with van der Waals surface area (Å²) in [6, 6.07) is 4.74. The van der Waals surface area contributed by atoms with Crippen molar-refractivity contribution in [1.29, 1.82) is 0 Å². The van der Waals surface area contributed by atoms with Gasteiger partial charge >= 0.3 is 5.97 Å². The number of hydrogen-bond donors (Lipinski definition) is 2. The maximum absolute atomic E-state index is 13.0. The lowest BCUT2D eigenvalue weighted by molar-refractivity contribution is 0.0697. The van der Waals surface area contributed by atoms with E-state index in [1.807, 2.05) is 0 Å².